The molecule has 1 heterocycles. The van der Waals surface area contributed by atoms with Crippen molar-refractivity contribution in [3.63, 3.8) is 0 Å². The van der Waals surface area contributed by atoms with Gasteiger partial charge in [-0.05, 0) is 85.9 Å². The van der Waals surface area contributed by atoms with Gasteiger partial charge in [-0.1, -0.05) is 13.8 Å². The summed E-state index contributed by atoms with van der Waals surface area (Å²) >= 11 is 0. The SMILES string of the molecule is C[C@]12CC[C@H]([N+]3(C)CCCC3)C[C@@H]1CC[C@@H]1[C@@H]2CC[C@]2(C)[C@@H](O)CC[C@@H]12.[I-]. The molecule has 4 aliphatic carbocycles. The second kappa shape index (κ2) is 7.11. The van der Waals surface area contributed by atoms with Crippen LogP contribution in [0.3, 0.4) is 0 Å². The van der Waals surface area contributed by atoms with Crippen molar-refractivity contribution < 1.29 is 33.6 Å². The van der Waals surface area contributed by atoms with Gasteiger partial charge in [0.2, 0.25) is 0 Å². The van der Waals surface area contributed by atoms with Gasteiger partial charge < -0.3 is 33.6 Å². The van der Waals surface area contributed by atoms with Gasteiger partial charge in [0.15, 0.2) is 0 Å². The zero-order valence-corrected chi connectivity index (χ0v) is 20.1. The molecule has 0 amide bonds. The molecule has 4 saturated carbocycles. The summed E-state index contributed by atoms with van der Waals surface area (Å²) < 4.78 is 1.40. The van der Waals surface area contributed by atoms with Crippen LogP contribution in [0.5, 0.6) is 0 Å². The minimum Gasteiger partial charge on any atom is -1.00 e. The fourth-order valence-corrected chi connectivity index (χ4v) is 9.20. The largest absolute Gasteiger partial charge is 1.00 e. The number of rotatable bonds is 1. The maximum atomic E-state index is 10.7. The Morgan fingerprint density at radius 2 is 1.48 bits per heavy atom. The predicted molar refractivity (Wildman–Crippen MR) is 107 cm³/mol. The normalized spacial score (nSPS) is 53.8. The molecule has 0 radical (unpaired) electrons. The third kappa shape index (κ3) is 2.99. The molecule has 0 bridgehead atoms. The summed E-state index contributed by atoms with van der Waals surface area (Å²) in [5, 5.41) is 10.7. The van der Waals surface area contributed by atoms with Gasteiger partial charge in [0, 0.05) is 19.3 Å². The van der Waals surface area contributed by atoms with E-state index in [2.05, 4.69) is 20.9 Å². The zero-order chi connectivity index (χ0) is 18.2. The van der Waals surface area contributed by atoms with E-state index in [4.69, 9.17) is 0 Å². The van der Waals surface area contributed by atoms with E-state index in [0.29, 0.717) is 5.41 Å². The van der Waals surface area contributed by atoms with E-state index < -0.39 is 0 Å². The van der Waals surface area contributed by atoms with E-state index in [0.717, 1.165) is 36.1 Å². The molecule has 2 nitrogen and oxygen atoms in total. The Labute approximate surface area is 184 Å². The third-order valence-corrected chi connectivity index (χ3v) is 11.1. The highest BCUT2D eigenvalue weighted by Gasteiger charge is 2.61. The summed E-state index contributed by atoms with van der Waals surface area (Å²) in [6, 6.07) is 0.953. The summed E-state index contributed by atoms with van der Waals surface area (Å²) in [6.07, 6.45) is 15.4. The lowest BCUT2D eigenvalue weighted by Gasteiger charge is -2.61. The minimum absolute atomic E-state index is 0. The summed E-state index contributed by atoms with van der Waals surface area (Å²) in [7, 11) is 2.57. The summed E-state index contributed by atoms with van der Waals surface area (Å²) in [4.78, 5) is 0. The van der Waals surface area contributed by atoms with Crippen molar-refractivity contribution in [3.8, 4) is 0 Å². The number of likely N-dealkylation sites (tertiary alicyclic amines) is 1. The van der Waals surface area contributed by atoms with Crippen molar-refractivity contribution in [2.75, 3.05) is 20.1 Å². The van der Waals surface area contributed by atoms with E-state index in [9.17, 15) is 5.11 Å². The summed E-state index contributed by atoms with van der Waals surface area (Å²) in [5.74, 6) is 3.67. The molecule has 8 atom stereocenters. The Kier molecular flexibility index (Phi) is 5.51. The molecule has 0 aromatic carbocycles. The summed E-state index contributed by atoms with van der Waals surface area (Å²) in [5.41, 5.74) is 0.850. The number of halogens is 1. The van der Waals surface area contributed by atoms with Crippen LogP contribution in [0, 0.1) is 34.5 Å². The van der Waals surface area contributed by atoms with Crippen molar-refractivity contribution >= 4 is 0 Å². The molecule has 5 rings (SSSR count). The van der Waals surface area contributed by atoms with Crippen molar-refractivity contribution in [1.82, 2.24) is 0 Å². The third-order valence-electron chi connectivity index (χ3n) is 11.1. The predicted octanol–water partition coefficient (Wildman–Crippen LogP) is 2.00. The first-order chi connectivity index (χ1) is 12.4. The molecule has 1 saturated heterocycles. The highest BCUT2D eigenvalue weighted by atomic mass is 127. The molecular weight excluding hydrogens is 445 g/mol. The van der Waals surface area contributed by atoms with E-state index in [1.807, 2.05) is 0 Å². The number of hydrogen-bond acceptors (Lipinski definition) is 1. The molecule has 27 heavy (non-hydrogen) atoms. The number of aliphatic hydroxyl groups excluding tert-OH is 1. The maximum Gasteiger partial charge on any atom is 0.0891 e. The van der Waals surface area contributed by atoms with Gasteiger partial charge in [0.25, 0.3) is 0 Å². The lowest BCUT2D eigenvalue weighted by molar-refractivity contribution is -0.924. The Balaban J connectivity index is 0.00000180. The van der Waals surface area contributed by atoms with Crippen LogP contribution in [-0.4, -0.2) is 41.9 Å². The zero-order valence-electron chi connectivity index (χ0n) is 17.9. The van der Waals surface area contributed by atoms with Crippen LogP contribution in [0.15, 0.2) is 0 Å². The molecular formula is C24H42INO. The second-order valence-corrected chi connectivity index (χ2v) is 11.9. The van der Waals surface area contributed by atoms with Gasteiger partial charge in [-0.25, -0.2) is 0 Å². The molecule has 0 aromatic heterocycles. The molecule has 0 unspecified atom stereocenters. The van der Waals surface area contributed by atoms with Crippen LogP contribution in [0.1, 0.15) is 84.5 Å². The monoisotopic (exact) mass is 487 g/mol. The van der Waals surface area contributed by atoms with Gasteiger partial charge in [0.1, 0.15) is 0 Å². The molecule has 5 fully saturated rings. The first-order valence-electron chi connectivity index (χ1n) is 11.9. The Morgan fingerprint density at radius 1 is 0.815 bits per heavy atom. The molecule has 3 heteroatoms. The number of hydrogen-bond donors (Lipinski definition) is 1. The first-order valence-corrected chi connectivity index (χ1v) is 11.9. The van der Waals surface area contributed by atoms with Gasteiger partial charge >= 0.3 is 0 Å². The average molecular weight is 488 g/mol. The number of quaternary nitrogens is 1. The van der Waals surface area contributed by atoms with Crippen LogP contribution in [0.2, 0.25) is 0 Å². The van der Waals surface area contributed by atoms with Gasteiger partial charge in [-0.15, -0.1) is 0 Å². The average Bonchev–Trinajstić information content (AvgIpc) is 3.19. The maximum absolute atomic E-state index is 10.7. The second-order valence-electron chi connectivity index (χ2n) is 11.9. The first kappa shape index (κ1) is 20.9. The van der Waals surface area contributed by atoms with Gasteiger partial charge in [-0.2, -0.15) is 0 Å². The van der Waals surface area contributed by atoms with E-state index in [1.165, 1.54) is 81.8 Å². The molecule has 0 spiro atoms. The van der Waals surface area contributed by atoms with Crippen LogP contribution >= 0.6 is 0 Å². The van der Waals surface area contributed by atoms with E-state index >= 15 is 0 Å². The highest BCUT2D eigenvalue weighted by Crippen LogP contribution is 2.66. The number of nitrogens with zero attached hydrogens (tertiary/aromatic N) is 1. The topological polar surface area (TPSA) is 20.2 Å². The van der Waals surface area contributed by atoms with Gasteiger partial charge in [0.05, 0.1) is 32.3 Å². The molecule has 5 aliphatic rings. The summed E-state index contributed by atoms with van der Waals surface area (Å²) in [6.45, 7) is 8.01. The van der Waals surface area contributed by atoms with Crippen LogP contribution in [-0.2, 0) is 0 Å². The van der Waals surface area contributed by atoms with E-state index in [-0.39, 0.29) is 35.5 Å². The minimum atomic E-state index is -0.0191. The van der Waals surface area contributed by atoms with E-state index in [1.54, 1.807) is 0 Å². The highest BCUT2D eigenvalue weighted by molar-refractivity contribution is 5.09. The quantitative estimate of drug-likeness (QED) is 0.443. The number of fused-ring (bicyclic) bond motifs is 5. The lowest BCUT2D eigenvalue weighted by atomic mass is 9.45. The fourth-order valence-electron chi connectivity index (χ4n) is 9.20. The Bertz CT molecular complexity index is 561. The Morgan fingerprint density at radius 3 is 2.22 bits per heavy atom. The molecule has 0 aromatic rings. The molecule has 156 valence electrons. The van der Waals surface area contributed by atoms with Crippen molar-refractivity contribution in [1.29, 1.82) is 0 Å². The van der Waals surface area contributed by atoms with Crippen molar-refractivity contribution in [2.45, 2.75) is 96.6 Å². The number of aliphatic hydroxyl groups is 1. The van der Waals surface area contributed by atoms with Crippen molar-refractivity contribution in [2.24, 2.45) is 34.5 Å². The van der Waals surface area contributed by atoms with Crippen LogP contribution in [0.25, 0.3) is 0 Å². The standard InChI is InChI=1S/C24H42NO.HI/c1-23-12-10-18(25(3)14-4-5-15-25)16-17(23)6-7-19-20-8-9-22(26)24(20,2)13-11-21(19)23;/h17-22,26H,4-16H2,1-3H3;1H/q+1;/p-1/t17-,18-,19-,20-,21-,22-,23-,24-;/m0./s1. The van der Waals surface area contributed by atoms with Crippen LogP contribution in [0.4, 0.5) is 0 Å². The lowest BCUT2D eigenvalue weighted by Crippen LogP contribution is -3.00. The van der Waals surface area contributed by atoms with Crippen molar-refractivity contribution in [3.05, 3.63) is 0 Å². The smallest absolute Gasteiger partial charge is 0.0891 e. The van der Waals surface area contributed by atoms with Crippen LogP contribution < -0.4 is 24.0 Å². The molecule has 1 aliphatic heterocycles. The fraction of sp³-hybridized carbons (Fsp3) is 1.00. The van der Waals surface area contributed by atoms with Gasteiger partial charge in [-0.3, -0.25) is 0 Å². The Hall–Kier alpha value is 0.650. The molecule has 1 N–H and O–H groups in total.